The summed E-state index contributed by atoms with van der Waals surface area (Å²) in [5, 5.41) is 7.76. The fraction of sp³-hybridized carbons (Fsp3) is 0.333. The van der Waals surface area contributed by atoms with Crippen molar-refractivity contribution in [2.24, 2.45) is 0 Å². The summed E-state index contributed by atoms with van der Waals surface area (Å²) in [5.74, 6) is 0. The highest BCUT2D eigenvalue weighted by Crippen LogP contribution is 1.46. The molecule has 0 radical (unpaired) electrons. The fourth-order valence-corrected chi connectivity index (χ4v) is 0. The molecule has 0 unspecified atom stereocenters. The van der Waals surface area contributed by atoms with Crippen molar-refractivity contribution < 1.29 is 5.11 Å². The Morgan fingerprint density at radius 3 is 2.25 bits per heavy atom. The third-order valence-corrected chi connectivity index (χ3v) is 0.129. The van der Waals surface area contributed by atoms with Crippen molar-refractivity contribution in [3.8, 4) is 0 Å². The predicted molar refractivity (Wildman–Crippen MR) is 17.3 cm³/mol. The van der Waals surface area contributed by atoms with Crippen LogP contribution in [0.15, 0.2) is 12.7 Å². The van der Waals surface area contributed by atoms with E-state index in [0.717, 1.165) is 0 Å². The largest absolute Gasteiger partial charge is 0.392 e. The zero-order valence-electron chi connectivity index (χ0n) is 2.44. The quantitative estimate of drug-likeness (QED) is 0.337. The van der Waals surface area contributed by atoms with Gasteiger partial charge < -0.3 is 5.11 Å². The fourth-order valence-electron chi connectivity index (χ4n) is 0. The summed E-state index contributed by atoms with van der Waals surface area (Å²) in [6, 6.07) is 0. The van der Waals surface area contributed by atoms with E-state index in [1.165, 1.54) is 6.08 Å². The normalized spacial score (nSPS) is 6.25. The minimum absolute atomic E-state index is 0.0833. The summed E-state index contributed by atoms with van der Waals surface area (Å²) < 4.78 is 0. The van der Waals surface area contributed by atoms with E-state index in [4.69, 9.17) is 5.11 Å². The van der Waals surface area contributed by atoms with E-state index in [0.29, 0.717) is 0 Å². The summed E-state index contributed by atoms with van der Waals surface area (Å²) in [6.07, 6.45) is 1.43. The van der Waals surface area contributed by atoms with Gasteiger partial charge >= 0.3 is 0 Å². The van der Waals surface area contributed by atoms with E-state index < -0.39 is 0 Å². The maximum Gasteiger partial charge on any atom is 0.0609 e. The van der Waals surface area contributed by atoms with Gasteiger partial charge in [-0.3, -0.25) is 0 Å². The Kier molecular flexibility index (Phi) is 2.50. The molecule has 0 aliphatic heterocycles. The highest BCUT2D eigenvalue weighted by Gasteiger charge is 1.45. The van der Waals surface area contributed by atoms with Gasteiger partial charge in [0.1, 0.15) is 0 Å². The lowest BCUT2D eigenvalue weighted by molar-refractivity contribution is 0.343. The van der Waals surface area contributed by atoms with Crippen molar-refractivity contribution in [3.05, 3.63) is 12.7 Å². The van der Waals surface area contributed by atoms with Crippen LogP contribution in [-0.2, 0) is 0 Å². The summed E-state index contributed by atoms with van der Waals surface area (Å²) in [5.41, 5.74) is 0. The van der Waals surface area contributed by atoms with Crippen LogP contribution in [0.2, 0.25) is 0 Å². The highest BCUT2D eigenvalue weighted by atomic mass is 16.3. The Morgan fingerprint density at radius 1 is 2.00 bits per heavy atom. The second-order valence-electron chi connectivity index (χ2n) is 0.471. The Balaban J connectivity index is 2.30. The average molecular weight is 59.1 g/mol. The molecule has 0 aromatic heterocycles. The number of aliphatic hydroxyl groups excluding tert-OH is 1. The average Bonchev–Trinajstić information content (AvgIpc) is 1.37. The monoisotopic (exact) mass is 59.0 g/mol. The molecule has 0 aliphatic carbocycles. The molecular formula is C3H6O. The van der Waals surface area contributed by atoms with Gasteiger partial charge in [0.25, 0.3) is 0 Å². The SMILES string of the molecule is C=[13CH]CO. The maximum atomic E-state index is 7.76. The standard InChI is InChI=1S/C3H6O/c1-2-3-4/h2,4H,1,3H2/i2+1. The smallest absolute Gasteiger partial charge is 0.0609 e. The van der Waals surface area contributed by atoms with E-state index in [1.54, 1.807) is 0 Å². The molecule has 0 atom stereocenters. The van der Waals surface area contributed by atoms with Crippen LogP contribution in [0.1, 0.15) is 0 Å². The molecule has 0 saturated heterocycles. The van der Waals surface area contributed by atoms with Crippen molar-refractivity contribution in [1.82, 2.24) is 0 Å². The van der Waals surface area contributed by atoms with Crippen LogP contribution in [0.25, 0.3) is 0 Å². The minimum Gasteiger partial charge on any atom is -0.392 e. The van der Waals surface area contributed by atoms with Gasteiger partial charge in [0, 0.05) is 0 Å². The number of rotatable bonds is 1. The molecule has 0 aliphatic rings. The van der Waals surface area contributed by atoms with E-state index in [-0.39, 0.29) is 6.61 Å². The third-order valence-electron chi connectivity index (χ3n) is 0.129. The van der Waals surface area contributed by atoms with E-state index >= 15 is 0 Å². The van der Waals surface area contributed by atoms with Gasteiger partial charge in [0.2, 0.25) is 0 Å². The summed E-state index contributed by atoms with van der Waals surface area (Å²) in [6.45, 7) is 3.31. The Bertz CT molecular complexity index is 17.2. The molecule has 0 saturated carbocycles. The molecule has 1 N–H and O–H groups in total. The number of hydrogen-bond donors (Lipinski definition) is 1. The van der Waals surface area contributed by atoms with Gasteiger partial charge in [-0.25, -0.2) is 0 Å². The lowest BCUT2D eigenvalue weighted by Crippen LogP contribution is -1.62. The topological polar surface area (TPSA) is 20.2 Å². The molecule has 0 spiro atoms. The molecule has 0 heterocycles. The van der Waals surface area contributed by atoms with Crippen LogP contribution < -0.4 is 0 Å². The first-order valence-corrected chi connectivity index (χ1v) is 1.13. The van der Waals surface area contributed by atoms with Crippen LogP contribution in [0.4, 0.5) is 0 Å². The summed E-state index contributed by atoms with van der Waals surface area (Å²) >= 11 is 0. The first kappa shape index (κ1) is 3.70. The summed E-state index contributed by atoms with van der Waals surface area (Å²) in [7, 11) is 0. The van der Waals surface area contributed by atoms with Gasteiger partial charge in [0.15, 0.2) is 0 Å². The van der Waals surface area contributed by atoms with Crippen molar-refractivity contribution in [2.75, 3.05) is 6.61 Å². The molecular weight excluding hydrogens is 53.0 g/mol. The molecule has 1 heteroatoms. The van der Waals surface area contributed by atoms with Crippen LogP contribution in [0.3, 0.4) is 0 Å². The predicted octanol–water partition coefficient (Wildman–Crippen LogP) is 0.165. The van der Waals surface area contributed by atoms with E-state index in [1.807, 2.05) is 0 Å². The lowest BCUT2D eigenvalue weighted by Gasteiger charge is -1.60. The Hall–Kier alpha value is -0.300. The number of hydrogen-bond acceptors (Lipinski definition) is 1. The van der Waals surface area contributed by atoms with Crippen molar-refractivity contribution >= 4 is 0 Å². The molecule has 0 rings (SSSR count). The zero-order chi connectivity index (χ0) is 3.41. The molecule has 0 bridgehead atoms. The Morgan fingerprint density at radius 2 is 2.25 bits per heavy atom. The first-order valence-electron chi connectivity index (χ1n) is 1.13. The second kappa shape index (κ2) is 2.70. The van der Waals surface area contributed by atoms with Crippen molar-refractivity contribution in [2.45, 2.75) is 0 Å². The maximum absolute atomic E-state index is 7.76. The van der Waals surface area contributed by atoms with Crippen molar-refractivity contribution in [1.29, 1.82) is 0 Å². The van der Waals surface area contributed by atoms with Crippen LogP contribution in [0, 0.1) is 0 Å². The molecule has 24 valence electrons. The molecule has 1 nitrogen and oxygen atoms in total. The zero-order valence-corrected chi connectivity index (χ0v) is 2.44. The van der Waals surface area contributed by atoms with Gasteiger partial charge in [-0.05, 0) is 0 Å². The molecule has 0 fully saturated rings. The van der Waals surface area contributed by atoms with Crippen molar-refractivity contribution in [3.63, 3.8) is 0 Å². The molecule has 4 heavy (non-hydrogen) atoms. The molecule has 0 aromatic carbocycles. The lowest BCUT2D eigenvalue weighted by atomic mass is 11.1. The Labute approximate surface area is 25.6 Å². The molecule has 0 amide bonds. The van der Waals surface area contributed by atoms with Crippen LogP contribution in [0.5, 0.6) is 0 Å². The molecule has 0 aromatic rings. The van der Waals surface area contributed by atoms with E-state index in [9.17, 15) is 0 Å². The van der Waals surface area contributed by atoms with Crippen LogP contribution >= 0.6 is 0 Å². The van der Waals surface area contributed by atoms with Crippen LogP contribution in [-0.4, -0.2) is 11.7 Å². The second-order valence-corrected chi connectivity index (χ2v) is 0.471. The van der Waals surface area contributed by atoms with E-state index in [2.05, 4.69) is 6.58 Å². The third kappa shape index (κ3) is 1.70. The van der Waals surface area contributed by atoms with Gasteiger partial charge in [0.05, 0.1) is 6.61 Å². The van der Waals surface area contributed by atoms with Gasteiger partial charge in [-0.2, -0.15) is 0 Å². The van der Waals surface area contributed by atoms with Gasteiger partial charge in [-0.15, -0.1) is 6.58 Å². The first-order chi connectivity index (χ1) is 1.91. The minimum atomic E-state index is 0.0833. The summed E-state index contributed by atoms with van der Waals surface area (Å²) in [4.78, 5) is 0. The number of aliphatic hydroxyl groups is 1. The highest BCUT2D eigenvalue weighted by molar-refractivity contribution is 4.60. The van der Waals surface area contributed by atoms with Gasteiger partial charge in [-0.1, -0.05) is 6.08 Å².